The molecule has 36 heavy (non-hydrogen) atoms. The highest BCUT2D eigenvalue weighted by atomic mass is 19.4. The molecule has 1 aromatic heterocycles. The van der Waals surface area contributed by atoms with Gasteiger partial charge in [-0.2, -0.15) is 13.2 Å². The van der Waals surface area contributed by atoms with Crippen LogP contribution in [0.2, 0.25) is 0 Å². The van der Waals surface area contributed by atoms with Gasteiger partial charge in [0.05, 0.1) is 29.6 Å². The lowest BCUT2D eigenvalue weighted by atomic mass is 10.0. The van der Waals surface area contributed by atoms with Crippen LogP contribution < -0.4 is 10.6 Å². The van der Waals surface area contributed by atoms with Crippen LogP contribution in [0.3, 0.4) is 0 Å². The number of carbonyl (C=O) groups excluding carboxylic acids is 3. The molecule has 196 valence electrons. The van der Waals surface area contributed by atoms with E-state index >= 15 is 0 Å². The Hall–Kier alpha value is -3.72. The Kier molecular flexibility index (Phi) is 7.83. The molecule has 1 aromatic carbocycles. The first-order valence-electron chi connectivity index (χ1n) is 10.4. The van der Waals surface area contributed by atoms with Gasteiger partial charge in [0.1, 0.15) is 11.5 Å². The summed E-state index contributed by atoms with van der Waals surface area (Å²) >= 11 is 0. The van der Waals surface area contributed by atoms with E-state index in [4.69, 9.17) is 0 Å². The largest absolute Gasteiger partial charge is 0.391 e. The number of aromatic amines is 1. The van der Waals surface area contributed by atoms with Gasteiger partial charge in [0, 0.05) is 18.8 Å². The second-order valence-corrected chi connectivity index (χ2v) is 7.99. The highest BCUT2D eigenvalue weighted by Gasteiger charge is 2.42. The normalized spacial score (nSPS) is 18.9. The first-order valence-corrected chi connectivity index (χ1v) is 10.4. The van der Waals surface area contributed by atoms with Crippen LogP contribution in [0.5, 0.6) is 0 Å². The molecule has 3 N–H and O–H groups in total. The molecular weight excluding hydrogens is 505 g/mol. The van der Waals surface area contributed by atoms with Crippen LogP contribution in [-0.2, 0) is 14.4 Å². The molecule has 1 fully saturated rings. The van der Waals surface area contributed by atoms with Crippen molar-refractivity contribution in [2.24, 2.45) is 5.92 Å². The summed E-state index contributed by atoms with van der Waals surface area (Å²) < 4.78 is 92.3. The lowest BCUT2D eigenvalue weighted by Crippen LogP contribution is -2.47. The van der Waals surface area contributed by atoms with Crippen molar-refractivity contribution in [2.75, 3.05) is 11.9 Å². The highest BCUT2D eigenvalue weighted by Crippen LogP contribution is 2.32. The van der Waals surface area contributed by atoms with Crippen molar-refractivity contribution >= 4 is 23.4 Å². The maximum absolute atomic E-state index is 14.3. The molecule has 1 aliphatic rings. The van der Waals surface area contributed by atoms with E-state index in [1.54, 1.807) is 0 Å². The molecule has 2 aromatic rings. The van der Waals surface area contributed by atoms with E-state index in [0.29, 0.717) is 6.07 Å². The number of nitrogens with zero attached hydrogens (tertiary/aromatic N) is 3. The fraction of sp³-hybridized carbons (Fsp3) is 0.450. The van der Waals surface area contributed by atoms with E-state index in [0.717, 1.165) is 17.2 Å². The molecule has 3 amide bonds. The van der Waals surface area contributed by atoms with Crippen LogP contribution in [-0.4, -0.2) is 56.8 Å². The first-order chi connectivity index (χ1) is 16.8. The molecule has 0 radical (unpaired) electrons. The number of carbonyl (C=O) groups is 3. The topological polar surface area (TPSA) is 120 Å². The summed E-state index contributed by atoms with van der Waals surface area (Å²) in [5.41, 5.74) is -2.47. The van der Waals surface area contributed by atoms with Crippen LogP contribution in [0.15, 0.2) is 18.3 Å². The number of hydrogen-bond donors (Lipinski definition) is 3. The fourth-order valence-corrected chi connectivity index (χ4v) is 3.86. The van der Waals surface area contributed by atoms with Gasteiger partial charge in [-0.25, -0.2) is 17.6 Å². The zero-order valence-corrected chi connectivity index (χ0v) is 18.4. The van der Waals surface area contributed by atoms with Crippen LogP contribution in [0.25, 0.3) is 0 Å². The number of anilines is 1. The zero-order chi connectivity index (χ0) is 26.8. The maximum Gasteiger partial charge on any atom is 0.391 e. The number of aromatic nitrogens is 3. The number of H-pyrrole nitrogens is 1. The van der Waals surface area contributed by atoms with E-state index in [1.165, 1.54) is 6.92 Å². The van der Waals surface area contributed by atoms with Crippen molar-refractivity contribution in [3.63, 3.8) is 0 Å². The van der Waals surface area contributed by atoms with E-state index in [-0.39, 0.29) is 18.7 Å². The number of nitrogens with one attached hydrogen (secondary N) is 3. The summed E-state index contributed by atoms with van der Waals surface area (Å²) in [6.07, 6.45) is -8.70. The Morgan fingerprint density at radius 1 is 1.22 bits per heavy atom. The summed E-state index contributed by atoms with van der Waals surface area (Å²) in [5, 5.41) is 13.0. The van der Waals surface area contributed by atoms with Gasteiger partial charge in [0.25, 0.3) is 6.43 Å². The predicted octanol–water partition coefficient (Wildman–Crippen LogP) is 3.01. The minimum absolute atomic E-state index is 0.0220. The second kappa shape index (κ2) is 10.5. The molecule has 0 saturated carbocycles. The third-order valence-electron chi connectivity index (χ3n) is 5.68. The summed E-state index contributed by atoms with van der Waals surface area (Å²) in [6.45, 7) is 1.23. The number of halogens is 7. The Labute approximate surface area is 198 Å². The molecule has 9 nitrogen and oxygen atoms in total. The summed E-state index contributed by atoms with van der Waals surface area (Å²) in [4.78, 5) is 38.6. The van der Waals surface area contributed by atoms with Crippen LogP contribution in [0.4, 0.5) is 36.4 Å². The summed E-state index contributed by atoms with van der Waals surface area (Å²) in [6, 6.07) is -1.35. The van der Waals surface area contributed by atoms with Gasteiger partial charge < -0.3 is 15.5 Å². The van der Waals surface area contributed by atoms with Crippen LogP contribution >= 0.6 is 0 Å². The van der Waals surface area contributed by atoms with Crippen LogP contribution in [0, 0.1) is 17.6 Å². The van der Waals surface area contributed by atoms with Gasteiger partial charge in [0.2, 0.25) is 5.91 Å². The minimum atomic E-state index is -4.70. The lowest BCUT2D eigenvalue weighted by molar-refractivity contribution is -0.151. The molecule has 2 heterocycles. The van der Waals surface area contributed by atoms with E-state index in [1.807, 2.05) is 5.32 Å². The molecule has 1 aliphatic heterocycles. The SMILES string of the molecule is C[C@H]1[C@@H](C(=O)Nc2ccc(F)c(C(F)F)c2F)CCN1C(=O)C(=O)N[C@H](CC(F)(F)F)c1c[nH]nn1. The van der Waals surface area contributed by atoms with Crippen molar-refractivity contribution in [3.05, 3.63) is 41.2 Å². The Bertz CT molecular complexity index is 1130. The van der Waals surface area contributed by atoms with Gasteiger partial charge in [0.15, 0.2) is 5.82 Å². The van der Waals surface area contributed by atoms with Gasteiger partial charge in [-0.1, -0.05) is 5.21 Å². The van der Waals surface area contributed by atoms with Crippen molar-refractivity contribution in [2.45, 2.75) is 44.5 Å². The van der Waals surface area contributed by atoms with E-state index < -0.39 is 77.6 Å². The van der Waals surface area contributed by atoms with E-state index in [9.17, 15) is 45.1 Å². The number of alkyl halides is 5. The lowest BCUT2D eigenvalue weighted by Gasteiger charge is -2.25. The molecular formula is C20H19F7N6O3. The van der Waals surface area contributed by atoms with Gasteiger partial charge in [-0.3, -0.25) is 19.5 Å². The van der Waals surface area contributed by atoms with Gasteiger partial charge in [-0.15, -0.1) is 5.10 Å². The first kappa shape index (κ1) is 26.9. The molecule has 3 rings (SSSR count). The Morgan fingerprint density at radius 2 is 1.92 bits per heavy atom. The molecule has 1 saturated heterocycles. The molecule has 0 aliphatic carbocycles. The highest BCUT2D eigenvalue weighted by molar-refractivity contribution is 6.35. The second-order valence-electron chi connectivity index (χ2n) is 7.99. The Balaban J connectivity index is 1.68. The van der Waals surface area contributed by atoms with Crippen molar-refractivity contribution in [3.8, 4) is 0 Å². The fourth-order valence-electron chi connectivity index (χ4n) is 3.86. The average molecular weight is 524 g/mol. The van der Waals surface area contributed by atoms with Crippen molar-refractivity contribution < 1.29 is 45.1 Å². The zero-order valence-electron chi connectivity index (χ0n) is 18.4. The number of amides is 3. The predicted molar refractivity (Wildman–Crippen MR) is 107 cm³/mol. The number of benzene rings is 1. The van der Waals surface area contributed by atoms with Gasteiger partial charge >= 0.3 is 18.0 Å². The third kappa shape index (κ3) is 5.91. The number of rotatable bonds is 6. The molecule has 0 spiro atoms. The average Bonchev–Trinajstić information content (AvgIpc) is 3.43. The van der Waals surface area contributed by atoms with Crippen LogP contribution in [0.1, 0.15) is 43.5 Å². The molecule has 0 bridgehead atoms. The standard InChI is InChI=1S/C20H19F7N6O3/c1-8-9(17(34)29-11-3-2-10(21)14(15(11)22)16(23)24)4-5-33(8)19(36)18(35)30-12(6-20(25,26)27)13-7-28-32-31-13/h2-3,7-9,12,16H,4-6H2,1H3,(H,29,34)(H,30,35)(H,28,31,32)/t8-,9-,12+/m0/s1. The third-order valence-corrected chi connectivity index (χ3v) is 5.68. The number of hydrogen-bond acceptors (Lipinski definition) is 5. The van der Waals surface area contributed by atoms with E-state index in [2.05, 4.69) is 20.7 Å². The maximum atomic E-state index is 14.3. The smallest absolute Gasteiger partial charge is 0.339 e. The van der Waals surface area contributed by atoms with Crippen molar-refractivity contribution in [1.82, 2.24) is 25.6 Å². The van der Waals surface area contributed by atoms with Crippen molar-refractivity contribution in [1.29, 1.82) is 0 Å². The molecule has 16 heteroatoms. The molecule has 0 unspecified atom stereocenters. The summed E-state index contributed by atoms with van der Waals surface area (Å²) in [7, 11) is 0. The van der Waals surface area contributed by atoms with Gasteiger partial charge in [-0.05, 0) is 25.5 Å². The molecule has 3 atom stereocenters. The quantitative estimate of drug-likeness (QED) is 0.397. The number of likely N-dealkylation sites (tertiary alicyclic amines) is 1. The monoisotopic (exact) mass is 524 g/mol. The summed E-state index contributed by atoms with van der Waals surface area (Å²) in [5.74, 6) is -7.66. The Morgan fingerprint density at radius 3 is 2.50 bits per heavy atom. The minimum Gasteiger partial charge on any atom is -0.339 e.